The van der Waals surface area contributed by atoms with Gasteiger partial charge in [0.25, 0.3) is 0 Å². The third-order valence-electron chi connectivity index (χ3n) is 3.79. The summed E-state index contributed by atoms with van der Waals surface area (Å²) in [5, 5.41) is 3.66. The summed E-state index contributed by atoms with van der Waals surface area (Å²) in [4.78, 5) is 0. The number of ether oxygens (including phenoxy) is 1. The third-order valence-corrected chi connectivity index (χ3v) is 3.79. The van der Waals surface area contributed by atoms with Crippen LogP contribution in [0.3, 0.4) is 0 Å². The lowest BCUT2D eigenvalue weighted by Gasteiger charge is -2.26. The monoisotopic (exact) mass is 257 g/mol. The predicted octanol–water partition coefficient (Wildman–Crippen LogP) is 4.24. The molecule has 18 heavy (non-hydrogen) atoms. The van der Waals surface area contributed by atoms with E-state index in [2.05, 4.69) is 33.0 Å². The van der Waals surface area contributed by atoms with E-state index >= 15 is 0 Å². The normalized spacial score (nSPS) is 16.5. The van der Waals surface area contributed by atoms with Crippen LogP contribution in [-0.4, -0.2) is 26.3 Å². The fourth-order valence-electron chi connectivity index (χ4n) is 2.77. The molecular formula is C16H35NO. The second kappa shape index (κ2) is 12.0. The molecule has 3 unspecified atom stereocenters. The lowest BCUT2D eigenvalue weighted by molar-refractivity contribution is 0.146. The third kappa shape index (κ3) is 8.93. The first-order valence-corrected chi connectivity index (χ1v) is 7.90. The van der Waals surface area contributed by atoms with Crippen molar-refractivity contribution in [1.82, 2.24) is 5.32 Å². The maximum Gasteiger partial charge on any atom is 0.0488 e. The fourth-order valence-corrected chi connectivity index (χ4v) is 2.77. The summed E-state index contributed by atoms with van der Waals surface area (Å²) in [7, 11) is 1.80. The highest BCUT2D eigenvalue weighted by molar-refractivity contribution is 4.73. The molecule has 0 aliphatic carbocycles. The van der Waals surface area contributed by atoms with Gasteiger partial charge in [-0.1, -0.05) is 53.4 Å². The highest BCUT2D eigenvalue weighted by Gasteiger charge is 2.17. The van der Waals surface area contributed by atoms with Crippen LogP contribution in [0.2, 0.25) is 0 Å². The van der Waals surface area contributed by atoms with Crippen molar-refractivity contribution in [3.63, 3.8) is 0 Å². The average molecular weight is 257 g/mol. The van der Waals surface area contributed by atoms with Gasteiger partial charge in [-0.2, -0.15) is 0 Å². The zero-order valence-corrected chi connectivity index (χ0v) is 13.3. The Bertz CT molecular complexity index is 172. The largest absolute Gasteiger partial charge is 0.384 e. The van der Waals surface area contributed by atoms with Crippen LogP contribution < -0.4 is 5.32 Å². The molecule has 2 nitrogen and oxygen atoms in total. The number of hydrogen-bond acceptors (Lipinski definition) is 2. The van der Waals surface area contributed by atoms with Gasteiger partial charge in [-0.3, -0.25) is 0 Å². The standard InChI is InChI=1S/C16H35NO/c1-6-9-10-15(7-2)12-16(17-8-3)11-14(4)13-18-5/h14-17H,6-13H2,1-5H3. The lowest BCUT2D eigenvalue weighted by atomic mass is 9.88. The predicted molar refractivity (Wildman–Crippen MR) is 81.0 cm³/mol. The molecule has 0 heterocycles. The molecule has 0 saturated heterocycles. The summed E-state index contributed by atoms with van der Waals surface area (Å²) < 4.78 is 5.25. The topological polar surface area (TPSA) is 21.3 Å². The quantitative estimate of drug-likeness (QED) is 0.564. The molecule has 0 saturated carbocycles. The number of rotatable bonds is 12. The molecule has 3 atom stereocenters. The number of hydrogen-bond donors (Lipinski definition) is 1. The van der Waals surface area contributed by atoms with Gasteiger partial charge in [-0.05, 0) is 31.2 Å². The van der Waals surface area contributed by atoms with Crippen LogP contribution in [-0.2, 0) is 4.74 Å². The van der Waals surface area contributed by atoms with E-state index in [0.717, 1.165) is 19.1 Å². The van der Waals surface area contributed by atoms with E-state index in [9.17, 15) is 0 Å². The van der Waals surface area contributed by atoms with Crippen LogP contribution in [0.4, 0.5) is 0 Å². The van der Waals surface area contributed by atoms with E-state index in [1.165, 1.54) is 38.5 Å². The molecule has 0 amide bonds. The summed E-state index contributed by atoms with van der Waals surface area (Å²) in [6.45, 7) is 11.1. The van der Waals surface area contributed by atoms with Crippen LogP contribution in [0, 0.1) is 11.8 Å². The van der Waals surface area contributed by atoms with Gasteiger partial charge >= 0.3 is 0 Å². The Hall–Kier alpha value is -0.0800. The van der Waals surface area contributed by atoms with Crippen LogP contribution >= 0.6 is 0 Å². The lowest BCUT2D eigenvalue weighted by Crippen LogP contribution is -2.33. The van der Waals surface area contributed by atoms with Crippen molar-refractivity contribution in [2.75, 3.05) is 20.3 Å². The van der Waals surface area contributed by atoms with Gasteiger partial charge in [-0.15, -0.1) is 0 Å². The van der Waals surface area contributed by atoms with Gasteiger partial charge in [0.05, 0.1) is 0 Å². The van der Waals surface area contributed by atoms with E-state index in [1.807, 2.05) is 0 Å². The van der Waals surface area contributed by atoms with E-state index in [-0.39, 0.29) is 0 Å². The second-order valence-corrected chi connectivity index (χ2v) is 5.70. The molecule has 110 valence electrons. The smallest absolute Gasteiger partial charge is 0.0488 e. The Kier molecular flexibility index (Phi) is 11.9. The first kappa shape index (κ1) is 17.9. The van der Waals surface area contributed by atoms with Crippen molar-refractivity contribution in [3.05, 3.63) is 0 Å². The summed E-state index contributed by atoms with van der Waals surface area (Å²) in [5.74, 6) is 1.55. The minimum Gasteiger partial charge on any atom is -0.384 e. The van der Waals surface area contributed by atoms with Crippen LogP contribution in [0.15, 0.2) is 0 Å². The first-order chi connectivity index (χ1) is 8.67. The second-order valence-electron chi connectivity index (χ2n) is 5.70. The van der Waals surface area contributed by atoms with Crippen LogP contribution in [0.1, 0.15) is 66.2 Å². The molecule has 0 rings (SSSR count). The molecule has 2 heteroatoms. The van der Waals surface area contributed by atoms with Crippen molar-refractivity contribution in [3.8, 4) is 0 Å². The van der Waals surface area contributed by atoms with Gasteiger partial charge in [0.2, 0.25) is 0 Å². The van der Waals surface area contributed by atoms with E-state index in [4.69, 9.17) is 4.74 Å². The Morgan fingerprint density at radius 2 is 1.83 bits per heavy atom. The van der Waals surface area contributed by atoms with Gasteiger partial charge in [0, 0.05) is 19.8 Å². The molecule has 0 aliphatic rings. The molecule has 0 aromatic carbocycles. The Morgan fingerprint density at radius 3 is 2.33 bits per heavy atom. The Balaban J connectivity index is 4.12. The van der Waals surface area contributed by atoms with Gasteiger partial charge in [0.15, 0.2) is 0 Å². The summed E-state index contributed by atoms with van der Waals surface area (Å²) in [6, 6.07) is 0.668. The number of nitrogens with one attached hydrogen (secondary N) is 1. The Labute approximate surface area is 115 Å². The van der Waals surface area contributed by atoms with E-state index in [0.29, 0.717) is 12.0 Å². The summed E-state index contributed by atoms with van der Waals surface area (Å²) in [5.41, 5.74) is 0. The van der Waals surface area contributed by atoms with Crippen molar-refractivity contribution < 1.29 is 4.74 Å². The maximum absolute atomic E-state index is 5.25. The van der Waals surface area contributed by atoms with Crippen molar-refractivity contribution in [1.29, 1.82) is 0 Å². The summed E-state index contributed by atoms with van der Waals surface area (Å²) >= 11 is 0. The molecule has 0 bridgehead atoms. The SMILES string of the molecule is CCCCC(CC)CC(CC(C)COC)NCC. The van der Waals surface area contributed by atoms with Gasteiger partial charge in [0.1, 0.15) is 0 Å². The average Bonchev–Trinajstić information content (AvgIpc) is 2.34. The van der Waals surface area contributed by atoms with E-state index < -0.39 is 0 Å². The molecule has 0 spiro atoms. The van der Waals surface area contributed by atoms with Crippen molar-refractivity contribution >= 4 is 0 Å². The first-order valence-electron chi connectivity index (χ1n) is 7.90. The fraction of sp³-hybridized carbons (Fsp3) is 1.00. The minimum atomic E-state index is 0.655. The van der Waals surface area contributed by atoms with Gasteiger partial charge in [-0.25, -0.2) is 0 Å². The Morgan fingerprint density at radius 1 is 1.11 bits per heavy atom. The van der Waals surface area contributed by atoms with Gasteiger partial charge < -0.3 is 10.1 Å². The van der Waals surface area contributed by atoms with Crippen LogP contribution in [0.25, 0.3) is 0 Å². The molecule has 0 fully saturated rings. The highest BCUT2D eigenvalue weighted by atomic mass is 16.5. The molecule has 0 radical (unpaired) electrons. The molecule has 0 aliphatic heterocycles. The molecular weight excluding hydrogens is 222 g/mol. The minimum absolute atomic E-state index is 0.655. The maximum atomic E-state index is 5.25. The molecule has 1 N–H and O–H groups in total. The van der Waals surface area contributed by atoms with Crippen LogP contribution in [0.5, 0.6) is 0 Å². The highest BCUT2D eigenvalue weighted by Crippen LogP contribution is 2.21. The molecule has 0 aromatic rings. The molecule has 0 aromatic heterocycles. The zero-order chi connectivity index (χ0) is 13.8. The van der Waals surface area contributed by atoms with Crippen molar-refractivity contribution in [2.24, 2.45) is 11.8 Å². The number of methoxy groups -OCH3 is 1. The van der Waals surface area contributed by atoms with Crippen molar-refractivity contribution in [2.45, 2.75) is 72.3 Å². The summed E-state index contributed by atoms with van der Waals surface area (Å²) in [6.07, 6.45) is 7.99. The number of unbranched alkanes of at least 4 members (excludes halogenated alkanes) is 1. The van der Waals surface area contributed by atoms with E-state index in [1.54, 1.807) is 7.11 Å². The zero-order valence-electron chi connectivity index (χ0n) is 13.3.